The quantitative estimate of drug-likeness (QED) is 0.307. The van der Waals surface area contributed by atoms with Crippen LogP contribution in [-0.2, 0) is 19.1 Å². The van der Waals surface area contributed by atoms with Crippen molar-refractivity contribution in [1.82, 2.24) is 4.90 Å². The van der Waals surface area contributed by atoms with Crippen LogP contribution in [0.1, 0.15) is 36.8 Å². The van der Waals surface area contributed by atoms with E-state index in [2.05, 4.69) is 26.6 Å². The number of anilines is 2. The third-order valence-electron chi connectivity index (χ3n) is 8.17. The number of unbranched alkanes of at least 4 members (excludes halogenated alkanes) is 2. The Morgan fingerprint density at radius 3 is 2.42 bits per heavy atom. The van der Waals surface area contributed by atoms with E-state index in [1.54, 1.807) is 17.0 Å². The molecule has 9 heteroatoms. The Balaban J connectivity index is 1.48. The zero-order chi connectivity index (χ0) is 27.0. The number of ether oxygens (including phenoxy) is 1. The van der Waals surface area contributed by atoms with E-state index < -0.39 is 29.6 Å². The minimum Gasteiger partial charge on any atom is -0.396 e. The maximum Gasteiger partial charge on any atom is 0.250 e. The molecule has 5 rings (SSSR count). The summed E-state index contributed by atoms with van der Waals surface area (Å²) in [5.41, 5.74) is 2.14. The van der Waals surface area contributed by atoms with E-state index >= 15 is 0 Å². The van der Waals surface area contributed by atoms with Gasteiger partial charge in [-0.2, -0.15) is 0 Å². The fourth-order valence-corrected chi connectivity index (χ4v) is 7.43. The van der Waals surface area contributed by atoms with Gasteiger partial charge in [-0.3, -0.25) is 14.4 Å². The molecule has 3 fully saturated rings. The van der Waals surface area contributed by atoms with Gasteiger partial charge in [0.2, 0.25) is 17.7 Å². The first-order valence-electron chi connectivity index (χ1n) is 13.2. The van der Waals surface area contributed by atoms with Crippen LogP contribution in [-0.4, -0.2) is 63.5 Å². The molecule has 2 aromatic rings. The zero-order valence-corrected chi connectivity index (χ0v) is 23.2. The molecule has 8 nitrogen and oxygen atoms in total. The fraction of sp³-hybridized carbons (Fsp3) is 0.483. The molecule has 0 aliphatic carbocycles. The molecular formula is C29H34BrN3O5. The van der Waals surface area contributed by atoms with E-state index in [0.29, 0.717) is 31.5 Å². The van der Waals surface area contributed by atoms with Crippen LogP contribution in [0.4, 0.5) is 11.4 Å². The predicted octanol–water partition coefficient (Wildman–Crippen LogP) is 3.79. The number of hydrogen-bond acceptors (Lipinski definition) is 5. The molecular weight excluding hydrogens is 550 g/mol. The zero-order valence-electron chi connectivity index (χ0n) is 21.7. The number of aliphatic hydroxyl groups is 1. The van der Waals surface area contributed by atoms with Crippen molar-refractivity contribution in [2.24, 2.45) is 11.8 Å². The van der Waals surface area contributed by atoms with Gasteiger partial charge in [-0.15, -0.1) is 0 Å². The number of nitrogens with one attached hydrogen (secondary N) is 2. The summed E-state index contributed by atoms with van der Waals surface area (Å²) >= 11 is 3.71. The number of aryl methyl sites for hydroxylation is 2. The van der Waals surface area contributed by atoms with Gasteiger partial charge in [0, 0.05) is 29.4 Å². The van der Waals surface area contributed by atoms with Gasteiger partial charge in [-0.25, -0.2) is 0 Å². The van der Waals surface area contributed by atoms with E-state index in [0.717, 1.165) is 23.2 Å². The monoisotopic (exact) mass is 583 g/mol. The third-order valence-corrected chi connectivity index (χ3v) is 9.01. The number of amides is 3. The van der Waals surface area contributed by atoms with Gasteiger partial charge in [0.25, 0.3) is 0 Å². The minimum atomic E-state index is -1.10. The lowest BCUT2D eigenvalue weighted by molar-refractivity contribution is -0.139. The molecule has 0 radical (unpaired) electrons. The Labute approximate surface area is 231 Å². The van der Waals surface area contributed by atoms with Gasteiger partial charge in [0.15, 0.2) is 0 Å². The number of fused-ring (bicyclic) bond motifs is 1. The first-order valence-corrected chi connectivity index (χ1v) is 14.2. The van der Waals surface area contributed by atoms with Crippen LogP contribution >= 0.6 is 15.9 Å². The number of nitrogens with zero attached hydrogens (tertiary/aromatic N) is 1. The average molecular weight is 585 g/mol. The molecule has 3 amide bonds. The smallest absolute Gasteiger partial charge is 0.250 e. The summed E-state index contributed by atoms with van der Waals surface area (Å²) < 4.78 is 6.56. The molecule has 3 unspecified atom stereocenters. The first-order chi connectivity index (χ1) is 18.3. The summed E-state index contributed by atoms with van der Waals surface area (Å²) in [5.74, 6) is -2.27. The lowest BCUT2D eigenvalue weighted by Crippen LogP contribution is -2.54. The highest BCUT2D eigenvalue weighted by molar-refractivity contribution is 9.09. The molecule has 202 valence electrons. The summed E-state index contributed by atoms with van der Waals surface area (Å²) in [6, 6.07) is 14.1. The number of carbonyl (C=O) groups is 3. The summed E-state index contributed by atoms with van der Waals surface area (Å²) in [6.45, 7) is 4.31. The molecule has 3 aliphatic rings. The number of likely N-dealkylation sites (tertiary alicyclic amines) is 1. The van der Waals surface area contributed by atoms with E-state index in [9.17, 15) is 19.5 Å². The summed E-state index contributed by atoms with van der Waals surface area (Å²) in [4.78, 5) is 43.1. The number of benzene rings is 2. The molecule has 3 saturated heterocycles. The summed E-state index contributed by atoms with van der Waals surface area (Å²) in [7, 11) is 0. The Bertz CT molecular complexity index is 1200. The Hall–Kier alpha value is -2.75. The molecule has 3 aliphatic heterocycles. The largest absolute Gasteiger partial charge is 0.396 e. The number of alkyl halides is 1. The molecule has 0 saturated carbocycles. The van der Waals surface area contributed by atoms with Crippen molar-refractivity contribution in [1.29, 1.82) is 0 Å². The number of halogens is 1. The Kier molecular flexibility index (Phi) is 7.62. The van der Waals surface area contributed by atoms with Crippen molar-refractivity contribution in [3.05, 3.63) is 59.7 Å². The van der Waals surface area contributed by atoms with Crippen LogP contribution in [0.5, 0.6) is 0 Å². The molecule has 2 bridgehead atoms. The van der Waals surface area contributed by atoms with Crippen molar-refractivity contribution >= 4 is 45.0 Å². The van der Waals surface area contributed by atoms with Gasteiger partial charge >= 0.3 is 0 Å². The molecule has 3 heterocycles. The van der Waals surface area contributed by atoms with Gasteiger partial charge in [0.05, 0.1) is 17.9 Å². The highest BCUT2D eigenvalue weighted by Gasteiger charge is 2.76. The number of para-hydroxylation sites is 2. The maximum atomic E-state index is 14.0. The number of carbonyl (C=O) groups excluding carboxylic acids is 3. The maximum absolute atomic E-state index is 14.0. The van der Waals surface area contributed by atoms with Gasteiger partial charge in [0.1, 0.15) is 11.6 Å². The molecule has 6 atom stereocenters. The van der Waals surface area contributed by atoms with Crippen molar-refractivity contribution in [3.8, 4) is 0 Å². The fourth-order valence-electron chi connectivity index (χ4n) is 6.49. The van der Waals surface area contributed by atoms with Gasteiger partial charge in [-0.05, 0) is 62.8 Å². The Morgan fingerprint density at radius 1 is 1.03 bits per heavy atom. The predicted molar refractivity (Wildman–Crippen MR) is 148 cm³/mol. The van der Waals surface area contributed by atoms with Crippen molar-refractivity contribution in [2.45, 2.75) is 62.1 Å². The van der Waals surface area contributed by atoms with E-state index in [-0.39, 0.29) is 29.2 Å². The first kappa shape index (κ1) is 26.8. The van der Waals surface area contributed by atoms with Crippen LogP contribution in [0.2, 0.25) is 0 Å². The highest BCUT2D eigenvalue weighted by Crippen LogP contribution is 2.60. The Morgan fingerprint density at radius 2 is 1.74 bits per heavy atom. The van der Waals surface area contributed by atoms with Crippen molar-refractivity contribution < 1.29 is 24.2 Å². The van der Waals surface area contributed by atoms with Crippen LogP contribution in [0.3, 0.4) is 0 Å². The number of rotatable bonds is 9. The minimum absolute atomic E-state index is 0.0781. The molecule has 1 spiro atoms. The normalized spacial score (nSPS) is 29.4. The lowest BCUT2D eigenvalue weighted by Gasteiger charge is -2.34. The van der Waals surface area contributed by atoms with Crippen LogP contribution < -0.4 is 10.6 Å². The topological polar surface area (TPSA) is 108 Å². The van der Waals surface area contributed by atoms with Crippen molar-refractivity contribution in [2.75, 3.05) is 23.8 Å². The molecule has 2 aromatic carbocycles. The van der Waals surface area contributed by atoms with E-state index in [4.69, 9.17) is 4.74 Å². The van der Waals surface area contributed by atoms with E-state index in [1.165, 1.54) is 0 Å². The van der Waals surface area contributed by atoms with Gasteiger partial charge in [-0.1, -0.05) is 52.3 Å². The van der Waals surface area contributed by atoms with Crippen molar-refractivity contribution in [3.63, 3.8) is 0 Å². The lowest BCUT2D eigenvalue weighted by atomic mass is 9.70. The third kappa shape index (κ3) is 4.54. The number of aliphatic hydroxyl groups excluding tert-OH is 1. The van der Waals surface area contributed by atoms with E-state index in [1.807, 2.05) is 50.2 Å². The molecule has 3 N–H and O–H groups in total. The summed E-state index contributed by atoms with van der Waals surface area (Å²) in [6.07, 6.45) is 1.94. The molecule has 0 aromatic heterocycles. The van der Waals surface area contributed by atoms with Crippen LogP contribution in [0.25, 0.3) is 0 Å². The second-order valence-electron chi connectivity index (χ2n) is 10.6. The SMILES string of the molecule is Cc1cccc(C)c1NC(=O)C1N(CCCCCO)C(=O)[C@@H]2[C@H](C(=O)Nc3ccccc3)[C@H]3OC12CC3Br. The second-order valence-corrected chi connectivity index (χ2v) is 11.8. The van der Waals surface area contributed by atoms with Crippen LogP contribution in [0, 0.1) is 25.7 Å². The number of hydrogen-bond donors (Lipinski definition) is 3. The summed E-state index contributed by atoms with van der Waals surface area (Å²) in [5, 5.41) is 15.3. The standard InChI is InChI=1S/C29H34BrN3O5/c1-17-10-9-11-18(2)23(17)32-27(36)25-29-16-20(30)24(38-29)21(26(35)31-19-12-5-3-6-13-19)22(29)28(37)33(25)14-7-4-8-15-34/h3,5-6,9-13,20-22,24-25,34H,4,7-8,14-16H2,1-2H3,(H,31,35)(H,32,36)/t20?,21-,22-,24-,25?,29?/m0/s1. The average Bonchev–Trinajstić information content (AvgIpc) is 3.48. The highest BCUT2D eigenvalue weighted by atomic mass is 79.9. The van der Waals surface area contributed by atoms with Crippen LogP contribution in [0.15, 0.2) is 48.5 Å². The second kappa shape index (κ2) is 10.8. The van der Waals surface area contributed by atoms with Gasteiger partial charge < -0.3 is 25.4 Å². The molecule has 38 heavy (non-hydrogen) atoms.